The predicted octanol–water partition coefficient (Wildman–Crippen LogP) is 3.41. The van der Waals surface area contributed by atoms with Crippen LogP contribution in [0.1, 0.15) is 25.8 Å². The smallest absolute Gasteiger partial charge is 0.165 e. The highest BCUT2D eigenvalue weighted by atomic mass is 35.5. The van der Waals surface area contributed by atoms with E-state index < -0.39 is 0 Å². The maximum absolute atomic E-state index is 6.00. The van der Waals surface area contributed by atoms with Crippen LogP contribution in [-0.4, -0.2) is 18.1 Å². The highest BCUT2D eigenvalue weighted by molar-refractivity contribution is 6.18. The second-order valence-corrected chi connectivity index (χ2v) is 4.74. The van der Waals surface area contributed by atoms with Gasteiger partial charge in [-0.25, -0.2) is 0 Å². The van der Waals surface area contributed by atoms with E-state index in [1.54, 1.807) is 0 Å². The molecule has 0 amide bonds. The molecule has 2 nitrogen and oxygen atoms in total. The molecule has 1 aliphatic heterocycles. The fraction of sp³-hybridized carbons (Fsp3) is 0.538. The van der Waals surface area contributed by atoms with E-state index in [0.717, 1.165) is 24.3 Å². The molecule has 0 unspecified atom stereocenters. The number of ether oxygens (including phenoxy) is 2. The van der Waals surface area contributed by atoms with Crippen molar-refractivity contribution >= 4 is 11.6 Å². The highest BCUT2D eigenvalue weighted by Crippen LogP contribution is 2.42. The van der Waals surface area contributed by atoms with Gasteiger partial charge in [-0.05, 0) is 19.4 Å². The third kappa shape index (κ3) is 2.12. The first-order valence-corrected chi connectivity index (χ1v) is 6.21. The SMILES string of the molecule is CC[C@]1(C)Cc2cccc(OCCCl)c2O1. The first kappa shape index (κ1) is 11.6. The van der Waals surface area contributed by atoms with Crippen LogP contribution in [0.25, 0.3) is 0 Å². The van der Waals surface area contributed by atoms with Crippen molar-refractivity contribution in [2.75, 3.05) is 12.5 Å². The number of fused-ring (bicyclic) bond motifs is 1. The number of para-hydroxylation sites is 1. The maximum Gasteiger partial charge on any atom is 0.165 e. The molecule has 0 saturated heterocycles. The summed E-state index contributed by atoms with van der Waals surface area (Å²) in [6, 6.07) is 6.05. The van der Waals surface area contributed by atoms with Crippen molar-refractivity contribution in [2.45, 2.75) is 32.3 Å². The molecule has 0 fully saturated rings. The minimum atomic E-state index is -0.0806. The molecule has 0 spiro atoms. The van der Waals surface area contributed by atoms with Crippen LogP contribution in [0, 0.1) is 0 Å². The van der Waals surface area contributed by atoms with Gasteiger partial charge >= 0.3 is 0 Å². The molecule has 0 bridgehead atoms. The van der Waals surface area contributed by atoms with Crippen molar-refractivity contribution in [2.24, 2.45) is 0 Å². The Kier molecular flexibility index (Phi) is 3.29. The minimum Gasteiger partial charge on any atom is -0.488 e. The van der Waals surface area contributed by atoms with Crippen molar-refractivity contribution in [1.29, 1.82) is 0 Å². The Balaban J connectivity index is 2.24. The predicted molar refractivity (Wildman–Crippen MR) is 65.7 cm³/mol. The summed E-state index contributed by atoms with van der Waals surface area (Å²) in [7, 11) is 0. The lowest BCUT2D eigenvalue weighted by atomic mass is 9.97. The van der Waals surface area contributed by atoms with Crippen molar-refractivity contribution in [3.63, 3.8) is 0 Å². The Morgan fingerprint density at radius 3 is 3.00 bits per heavy atom. The molecule has 2 rings (SSSR count). The molecule has 1 atom stereocenters. The summed E-state index contributed by atoms with van der Waals surface area (Å²) in [4.78, 5) is 0. The average Bonchev–Trinajstić information content (AvgIpc) is 2.64. The van der Waals surface area contributed by atoms with Crippen LogP contribution in [-0.2, 0) is 6.42 Å². The van der Waals surface area contributed by atoms with Gasteiger partial charge in [0, 0.05) is 12.0 Å². The molecule has 1 aromatic rings. The standard InChI is InChI=1S/C13H17ClO2/c1-3-13(2)9-10-5-4-6-11(12(10)16-13)15-8-7-14/h4-6H,3,7-9H2,1-2H3/t13-/m1/s1. The van der Waals surface area contributed by atoms with Crippen molar-refractivity contribution < 1.29 is 9.47 Å². The van der Waals surface area contributed by atoms with Gasteiger partial charge in [0.1, 0.15) is 12.2 Å². The van der Waals surface area contributed by atoms with Crippen molar-refractivity contribution in [3.8, 4) is 11.5 Å². The molecule has 0 radical (unpaired) electrons. The molecule has 0 aromatic heterocycles. The van der Waals surface area contributed by atoms with Gasteiger partial charge in [-0.15, -0.1) is 11.6 Å². The zero-order valence-electron chi connectivity index (χ0n) is 9.75. The number of alkyl halides is 1. The van der Waals surface area contributed by atoms with E-state index in [-0.39, 0.29) is 5.60 Å². The molecule has 1 heterocycles. The van der Waals surface area contributed by atoms with Crippen LogP contribution in [0.15, 0.2) is 18.2 Å². The van der Waals surface area contributed by atoms with E-state index in [4.69, 9.17) is 21.1 Å². The molecular formula is C13H17ClO2. The molecule has 1 aliphatic rings. The summed E-state index contributed by atoms with van der Waals surface area (Å²) in [6.45, 7) is 4.80. The lowest BCUT2D eigenvalue weighted by Crippen LogP contribution is -2.28. The number of rotatable bonds is 4. The zero-order chi connectivity index (χ0) is 11.6. The first-order valence-electron chi connectivity index (χ1n) is 5.68. The Bertz CT molecular complexity index is 378. The maximum atomic E-state index is 6.00. The monoisotopic (exact) mass is 240 g/mol. The van der Waals surface area contributed by atoms with Gasteiger partial charge < -0.3 is 9.47 Å². The van der Waals surface area contributed by atoms with Crippen LogP contribution in [0.2, 0.25) is 0 Å². The topological polar surface area (TPSA) is 18.5 Å². The van der Waals surface area contributed by atoms with Crippen molar-refractivity contribution in [3.05, 3.63) is 23.8 Å². The number of hydrogen-bond acceptors (Lipinski definition) is 2. The fourth-order valence-electron chi connectivity index (χ4n) is 1.96. The van der Waals surface area contributed by atoms with Crippen LogP contribution >= 0.6 is 11.6 Å². The fourth-order valence-corrected chi connectivity index (χ4v) is 2.04. The summed E-state index contributed by atoms with van der Waals surface area (Å²) in [5.41, 5.74) is 1.15. The Morgan fingerprint density at radius 2 is 2.31 bits per heavy atom. The van der Waals surface area contributed by atoms with Crippen LogP contribution in [0.5, 0.6) is 11.5 Å². The summed E-state index contributed by atoms with van der Waals surface area (Å²) in [5.74, 6) is 2.21. The molecule has 88 valence electrons. The Labute approximate surface area is 102 Å². The van der Waals surface area contributed by atoms with Gasteiger partial charge in [-0.3, -0.25) is 0 Å². The lowest BCUT2D eigenvalue weighted by molar-refractivity contribution is 0.107. The van der Waals surface area contributed by atoms with E-state index >= 15 is 0 Å². The minimum absolute atomic E-state index is 0.0806. The van der Waals surface area contributed by atoms with Gasteiger partial charge in [0.15, 0.2) is 11.5 Å². The molecule has 0 N–H and O–H groups in total. The molecule has 0 aliphatic carbocycles. The third-order valence-electron chi connectivity index (χ3n) is 3.06. The van der Waals surface area contributed by atoms with Gasteiger partial charge in [0.25, 0.3) is 0 Å². The first-order chi connectivity index (χ1) is 7.68. The highest BCUT2D eigenvalue weighted by Gasteiger charge is 2.34. The normalized spacial score (nSPS) is 22.7. The van der Waals surface area contributed by atoms with E-state index in [0.29, 0.717) is 12.5 Å². The lowest BCUT2D eigenvalue weighted by Gasteiger charge is -2.22. The quantitative estimate of drug-likeness (QED) is 0.751. The van der Waals surface area contributed by atoms with Crippen LogP contribution < -0.4 is 9.47 Å². The van der Waals surface area contributed by atoms with E-state index in [1.807, 2.05) is 12.1 Å². The van der Waals surface area contributed by atoms with Crippen LogP contribution in [0.4, 0.5) is 0 Å². The molecule has 3 heteroatoms. The summed E-state index contributed by atoms with van der Waals surface area (Å²) in [5, 5.41) is 0. The summed E-state index contributed by atoms with van der Waals surface area (Å²) >= 11 is 5.62. The number of benzene rings is 1. The second-order valence-electron chi connectivity index (χ2n) is 4.36. The Morgan fingerprint density at radius 1 is 1.50 bits per heavy atom. The molecule has 0 saturated carbocycles. The van der Waals surface area contributed by atoms with Gasteiger partial charge in [-0.2, -0.15) is 0 Å². The number of halogens is 1. The zero-order valence-corrected chi connectivity index (χ0v) is 10.5. The molecule has 16 heavy (non-hydrogen) atoms. The van der Waals surface area contributed by atoms with E-state index in [9.17, 15) is 0 Å². The van der Waals surface area contributed by atoms with Gasteiger partial charge in [0.05, 0.1) is 5.88 Å². The Hall–Kier alpha value is -0.890. The summed E-state index contributed by atoms with van der Waals surface area (Å²) in [6.07, 6.45) is 1.95. The second kappa shape index (κ2) is 4.54. The van der Waals surface area contributed by atoms with Crippen LogP contribution in [0.3, 0.4) is 0 Å². The summed E-state index contributed by atoms with van der Waals surface area (Å²) < 4.78 is 11.6. The average molecular weight is 241 g/mol. The van der Waals surface area contributed by atoms with Crippen molar-refractivity contribution in [1.82, 2.24) is 0 Å². The van der Waals surface area contributed by atoms with Gasteiger partial charge in [0.2, 0.25) is 0 Å². The largest absolute Gasteiger partial charge is 0.488 e. The van der Waals surface area contributed by atoms with Gasteiger partial charge in [-0.1, -0.05) is 19.1 Å². The molecular weight excluding hydrogens is 224 g/mol. The third-order valence-corrected chi connectivity index (χ3v) is 3.21. The van der Waals surface area contributed by atoms with E-state index in [2.05, 4.69) is 19.9 Å². The van der Waals surface area contributed by atoms with E-state index in [1.165, 1.54) is 5.56 Å². The number of hydrogen-bond donors (Lipinski definition) is 0. The molecule has 1 aromatic carbocycles.